The molecule has 0 saturated heterocycles. The van der Waals surface area contributed by atoms with E-state index in [9.17, 15) is 24.0 Å². The van der Waals surface area contributed by atoms with Crippen molar-refractivity contribution >= 4 is 35.5 Å². The van der Waals surface area contributed by atoms with Crippen LogP contribution in [0, 0.1) is 11.3 Å². The van der Waals surface area contributed by atoms with Crippen LogP contribution in [0.25, 0.3) is 0 Å². The molecule has 218 valence electrons. The molecule has 0 unspecified atom stereocenters. The van der Waals surface area contributed by atoms with E-state index in [-0.39, 0.29) is 36.8 Å². The van der Waals surface area contributed by atoms with E-state index in [0.717, 1.165) is 12.0 Å². The summed E-state index contributed by atoms with van der Waals surface area (Å²) in [6.45, 7) is 12.0. The number of primary amides is 1. The molecule has 12 nitrogen and oxygen atoms in total. The average molecular weight is 549 g/mol. The van der Waals surface area contributed by atoms with Crippen LogP contribution >= 0.6 is 0 Å². The van der Waals surface area contributed by atoms with Gasteiger partial charge in [-0.2, -0.15) is 0 Å². The van der Waals surface area contributed by atoms with Crippen molar-refractivity contribution in [3.05, 3.63) is 29.8 Å². The Kier molecular flexibility index (Phi) is 13.8. The highest BCUT2D eigenvalue weighted by Gasteiger charge is 2.28. The lowest BCUT2D eigenvalue weighted by Crippen LogP contribution is -2.54. The molecular formula is C27H44N6O6. The Bertz CT molecular complexity index is 974. The largest absolute Gasteiger partial charge is 0.445 e. The molecule has 0 aliphatic heterocycles. The molecule has 0 radical (unpaired) electrons. The lowest BCUT2D eigenvalue weighted by molar-refractivity contribution is -0.131. The van der Waals surface area contributed by atoms with E-state index in [4.69, 9.17) is 10.5 Å². The topological polar surface area (TPSA) is 181 Å². The summed E-state index contributed by atoms with van der Waals surface area (Å²) in [6, 6.07) is 4.33. The molecule has 1 rings (SSSR count). The number of urea groups is 1. The van der Waals surface area contributed by atoms with E-state index in [2.05, 4.69) is 47.4 Å². The summed E-state index contributed by atoms with van der Waals surface area (Å²) in [5.74, 6) is -1.52. The predicted molar refractivity (Wildman–Crippen MR) is 149 cm³/mol. The summed E-state index contributed by atoms with van der Waals surface area (Å²) >= 11 is 0. The fourth-order valence-corrected chi connectivity index (χ4v) is 3.46. The summed E-state index contributed by atoms with van der Waals surface area (Å²) in [4.78, 5) is 60.3. The van der Waals surface area contributed by atoms with Gasteiger partial charge in [-0.15, -0.1) is 0 Å². The zero-order valence-electron chi connectivity index (χ0n) is 23.8. The number of benzene rings is 1. The Morgan fingerprint density at radius 1 is 0.923 bits per heavy atom. The fourth-order valence-electron chi connectivity index (χ4n) is 3.46. The number of carbonyl (C=O) groups is 5. The maximum Gasteiger partial charge on any atom is 0.407 e. The highest BCUT2D eigenvalue weighted by atomic mass is 16.5. The molecule has 12 heteroatoms. The van der Waals surface area contributed by atoms with Gasteiger partial charge in [0.2, 0.25) is 17.7 Å². The van der Waals surface area contributed by atoms with Gasteiger partial charge < -0.3 is 37.1 Å². The normalized spacial score (nSPS) is 12.6. The van der Waals surface area contributed by atoms with Crippen molar-refractivity contribution in [1.82, 2.24) is 21.3 Å². The first kappa shape index (κ1) is 33.2. The van der Waals surface area contributed by atoms with E-state index >= 15 is 0 Å². The molecule has 39 heavy (non-hydrogen) atoms. The van der Waals surface area contributed by atoms with Gasteiger partial charge in [-0.3, -0.25) is 14.4 Å². The molecule has 0 aliphatic rings. The number of rotatable bonds is 14. The van der Waals surface area contributed by atoms with Crippen molar-refractivity contribution in [3.63, 3.8) is 0 Å². The van der Waals surface area contributed by atoms with Gasteiger partial charge in [-0.25, -0.2) is 9.59 Å². The molecule has 7 N–H and O–H groups in total. The maximum absolute atomic E-state index is 13.1. The first-order valence-corrected chi connectivity index (χ1v) is 13.1. The second kappa shape index (κ2) is 16.2. The van der Waals surface area contributed by atoms with Crippen LogP contribution in [-0.2, 0) is 25.7 Å². The Morgan fingerprint density at radius 3 is 2.10 bits per heavy atom. The first-order valence-electron chi connectivity index (χ1n) is 13.1. The molecule has 0 spiro atoms. The Hall–Kier alpha value is -3.83. The highest BCUT2D eigenvalue weighted by Crippen LogP contribution is 2.17. The fraction of sp³-hybridized carbons (Fsp3) is 0.593. The van der Waals surface area contributed by atoms with Gasteiger partial charge in [-0.05, 0) is 48.3 Å². The Balaban J connectivity index is 2.76. The van der Waals surface area contributed by atoms with Gasteiger partial charge in [0.15, 0.2) is 0 Å². The zero-order chi connectivity index (χ0) is 29.6. The summed E-state index contributed by atoms with van der Waals surface area (Å²) < 4.78 is 5.23. The van der Waals surface area contributed by atoms with Gasteiger partial charge in [0.05, 0.1) is 0 Å². The van der Waals surface area contributed by atoms with Gasteiger partial charge in [0, 0.05) is 25.7 Å². The second-order valence-electron chi connectivity index (χ2n) is 10.9. The number of anilines is 1. The molecule has 1 aromatic carbocycles. The smallest absolute Gasteiger partial charge is 0.407 e. The number of carbonyl (C=O) groups excluding carboxylic acids is 5. The number of ether oxygens (including phenoxy) is 1. The molecule has 1 aromatic rings. The van der Waals surface area contributed by atoms with Crippen molar-refractivity contribution in [3.8, 4) is 0 Å². The van der Waals surface area contributed by atoms with E-state index in [1.165, 1.54) is 6.92 Å². The molecule has 0 aliphatic carbocycles. The predicted octanol–water partition coefficient (Wildman–Crippen LogP) is 2.38. The quantitative estimate of drug-likeness (QED) is 0.194. The SMILES string of the molecule is CC(=O)N[C@@H](C(=O)N[C@H](CCCNC(N)=O)C(=O)Nc1ccc(COC(=O)NCCC(C)(C)C)cc1)C(C)C. The number of alkyl carbamates (subject to hydrolysis) is 1. The van der Waals surface area contributed by atoms with Crippen molar-refractivity contribution in [2.24, 2.45) is 17.1 Å². The second-order valence-corrected chi connectivity index (χ2v) is 10.9. The third-order valence-corrected chi connectivity index (χ3v) is 5.65. The maximum atomic E-state index is 13.1. The van der Waals surface area contributed by atoms with Crippen LogP contribution in [0.5, 0.6) is 0 Å². The van der Waals surface area contributed by atoms with Crippen LogP contribution in [-0.4, -0.2) is 55.0 Å². The number of amides is 6. The molecule has 0 aromatic heterocycles. The lowest BCUT2D eigenvalue weighted by Gasteiger charge is -2.25. The first-order chi connectivity index (χ1) is 18.2. The van der Waals surface area contributed by atoms with E-state index in [0.29, 0.717) is 18.7 Å². The molecule has 2 atom stereocenters. The molecular weight excluding hydrogens is 504 g/mol. The number of hydrogen-bond donors (Lipinski definition) is 6. The molecule has 0 fully saturated rings. The molecule has 6 amide bonds. The van der Waals surface area contributed by atoms with Crippen LogP contribution in [0.4, 0.5) is 15.3 Å². The average Bonchev–Trinajstić information content (AvgIpc) is 2.82. The lowest BCUT2D eigenvalue weighted by atomic mass is 9.92. The monoisotopic (exact) mass is 548 g/mol. The van der Waals surface area contributed by atoms with Crippen LogP contribution < -0.4 is 32.3 Å². The zero-order valence-corrected chi connectivity index (χ0v) is 23.8. The van der Waals surface area contributed by atoms with Crippen LogP contribution in [0.3, 0.4) is 0 Å². The van der Waals surface area contributed by atoms with Crippen molar-refractivity contribution in [2.75, 3.05) is 18.4 Å². The van der Waals surface area contributed by atoms with Gasteiger partial charge in [0.1, 0.15) is 18.7 Å². The molecule has 0 bridgehead atoms. The van der Waals surface area contributed by atoms with Gasteiger partial charge in [-0.1, -0.05) is 46.8 Å². The van der Waals surface area contributed by atoms with Gasteiger partial charge >= 0.3 is 12.1 Å². The molecule has 0 heterocycles. The third kappa shape index (κ3) is 14.6. The molecule has 0 saturated carbocycles. The third-order valence-electron chi connectivity index (χ3n) is 5.65. The Morgan fingerprint density at radius 2 is 1.56 bits per heavy atom. The number of nitrogens with one attached hydrogen (secondary N) is 5. The van der Waals surface area contributed by atoms with Gasteiger partial charge in [0.25, 0.3) is 0 Å². The van der Waals surface area contributed by atoms with Crippen molar-refractivity contribution < 1.29 is 28.7 Å². The minimum atomic E-state index is -0.929. The van der Waals surface area contributed by atoms with Crippen molar-refractivity contribution in [2.45, 2.75) is 79.5 Å². The van der Waals surface area contributed by atoms with Crippen LogP contribution in [0.1, 0.15) is 66.4 Å². The standard InChI is InChI=1S/C27H44N6O6/c1-17(2)22(31-18(3)34)24(36)33-21(8-7-14-29-25(28)37)23(35)32-20-11-9-19(10-12-20)16-39-26(38)30-15-13-27(4,5)6/h9-12,17,21-22H,7-8,13-16H2,1-6H3,(H,30,38)(H,31,34)(H,32,35)(H,33,36)(H3,28,29,37)/t21-,22-/m1/s1. The van der Waals surface area contributed by atoms with Crippen molar-refractivity contribution in [1.29, 1.82) is 0 Å². The number of nitrogens with two attached hydrogens (primary N) is 1. The van der Waals surface area contributed by atoms with Crippen LogP contribution in [0.15, 0.2) is 24.3 Å². The summed E-state index contributed by atoms with van der Waals surface area (Å²) in [7, 11) is 0. The number of hydrogen-bond acceptors (Lipinski definition) is 6. The Labute approximate surface area is 230 Å². The summed E-state index contributed by atoms with van der Waals surface area (Å²) in [5, 5.41) is 13.2. The summed E-state index contributed by atoms with van der Waals surface area (Å²) in [5.41, 5.74) is 6.41. The minimum Gasteiger partial charge on any atom is -0.445 e. The van der Waals surface area contributed by atoms with E-state index in [1.807, 2.05) is 0 Å². The van der Waals surface area contributed by atoms with Crippen LogP contribution in [0.2, 0.25) is 0 Å². The summed E-state index contributed by atoms with van der Waals surface area (Å²) in [6.07, 6.45) is 0.922. The highest BCUT2D eigenvalue weighted by molar-refractivity contribution is 5.98. The van der Waals surface area contributed by atoms with E-state index in [1.54, 1.807) is 38.1 Å². The minimum absolute atomic E-state index is 0.0703. The van der Waals surface area contributed by atoms with E-state index < -0.39 is 36.0 Å².